The molecule has 0 aliphatic heterocycles. The quantitative estimate of drug-likeness (QED) is 0.148. The first-order valence-corrected chi connectivity index (χ1v) is 21.1. The van der Waals surface area contributed by atoms with Gasteiger partial charge in [-0.2, -0.15) is 0 Å². The number of fused-ring (bicyclic) bond motifs is 6. The highest BCUT2D eigenvalue weighted by atomic mass is 14.2. The van der Waals surface area contributed by atoms with Gasteiger partial charge in [-0.25, -0.2) is 0 Å². The number of hydrogen-bond acceptors (Lipinski definition) is 0. The van der Waals surface area contributed by atoms with Crippen LogP contribution in [0, 0.1) is 41.5 Å². The van der Waals surface area contributed by atoms with Crippen molar-refractivity contribution in [3.8, 4) is 66.8 Å². The lowest BCUT2D eigenvalue weighted by molar-refractivity contribution is 1.42. The smallest absolute Gasteiger partial charge is 0.00264 e. The maximum absolute atomic E-state index is 2.48. The van der Waals surface area contributed by atoms with Gasteiger partial charge in [0.15, 0.2) is 0 Å². The Kier molecular flexibility index (Phi) is 9.30. The molecule has 0 bridgehead atoms. The second kappa shape index (κ2) is 15.0. The molecule has 0 heterocycles. The van der Waals surface area contributed by atoms with E-state index in [1.807, 2.05) is 0 Å². The van der Waals surface area contributed by atoms with Crippen molar-refractivity contribution in [2.45, 2.75) is 41.5 Å². The van der Waals surface area contributed by atoms with Gasteiger partial charge in [-0.1, -0.05) is 192 Å². The Bertz CT molecular complexity index is 2960. The summed E-state index contributed by atoms with van der Waals surface area (Å²) >= 11 is 0. The average molecular weight is 769 g/mol. The molecule has 0 unspecified atom stereocenters. The van der Waals surface area contributed by atoms with Crippen LogP contribution in [-0.2, 0) is 0 Å². The number of hydrogen-bond donors (Lipinski definition) is 0. The van der Waals surface area contributed by atoms with Gasteiger partial charge in [0.1, 0.15) is 0 Å². The molecule has 288 valence electrons. The van der Waals surface area contributed by atoms with Gasteiger partial charge in [0, 0.05) is 0 Å². The highest BCUT2D eigenvalue weighted by Crippen LogP contribution is 2.47. The molecule has 0 aliphatic rings. The molecule has 0 atom stereocenters. The first-order valence-electron chi connectivity index (χ1n) is 21.1. The maximum atomic E-state index is 2.48. The van der Waals surface area contributed by atoms with Crippen LogP contribution in [0.2, 0.25) is 0 Å². The van der Waals surface area contributed by atoms with Crippen LogP contribution in [0.5, 0.6) is 0 Å². The molecule has 10 rings (SSSR count). The van der Waals surface area contributed by atoms with E-state index in [0.29, 0.717) is 0 Å². The Morgan fingerprint density at radius 3 is 0.800 bits per heavy atom. The lowest BCUT2D eigenvalue weighted by Gasteiger charge is -2.21. The molecule has 0 aromatic heterocycles. The minimum atomic E-state index is 1.22. The first-order chi connectivity index (χ1) is 29.2. The van der Waals surface area contributed by atoms with Crippen LogP contribution < -0.4 is 0 Å². The van der Waals surface area contributed by atoms with Crippen molar-refractivity contribution in [3.63, 3.8) is 0 Å². The Morgan fingerprint density at radius 2 is 0.500 bits per heavy atom. The van der Waals surface area contributed by atoms with E-state index in [0.717, 1.165) is 0 Å². The fraction of sp³-hybridized carbons (Fsp3) is 0.100. The van der Waals surface area contributed by atoms with Crippen molar-refractivity contribution in [2.75, 3.05) is 0 Å². The van der Waals surface area contributed by atoms with Crippen molar-refractivity contribution in [1.29, 1.82) is 0 Å². The van der Waals surface area contributed by atoms with E-state index in [-0.39, 0.29) is 0 Å². The Morgan fingerprint density at radius 1 is 0.200 bits per heavy atom. The van der Waals surface area contributed by atoms with E-state index in [1.54, 1.807) is 0 Å². The van der Waals surface area contributed by atoms with Crippen molar-refractivity contribution in [3.05, 3.63) is 215 Å². The van der Waals surface area contributed by atoms with Crippen LogP contribution in [-0.4, -0.2) is 0 Å². The summed E-state index contributed by atoms with van der Waals surface area (Å²) in [7, 11) is 0. The summed E-state index contributed by atoms with van der Waals surface area (Å²) in [5.74, 6) is 0. The number of benzene rings is 10. The molecule has 0 aliphatic carbocycles. The molecule has 10 aromatic carbocycles. The summed E-state index contributed by atoms with van der Waals surface area (Å²) in [6.07, 6.45) is 0. The normalized spacial score (nSPS) is 11.5. The predicted molar refractivity (Wildman–Crippen MR) is 260 cm³/mol. The van der Waals surface area contributed by atoms with E-state index in [4.69, 9.17) is 0 Å². The molecule has 0 spiro atoms. The van der Waals surface area contributed by atoms with Gasteiger partial charge in [0.25, 0.3) is 0 Å². The minimum Gasteiger partial charge on any atom is -0.0616 e. The third-order valence-corrected chi connectivity index (χ3v) is 12.3. The predicted octanol–water partition coefficient (Wildman–Crippen LogP) is 17.0. The monoisotopic (exact) mass is 768 g/mol. The standard InChI is InChI=1S/C60H48/c1-37-13-9-17-43(27-37)53-31-41(5)32-54(44-18-10-14-38(2)28-44)59(53)47-23-25-51-49-21-7-8-22-50(49)52-26-24-48(36-58(52)57(51)35-47)60-55(45-19-11-15-39(3)29-45)33-42(6)34-56(60)46-20-12-16-40(4)30-46/h7-36H,1-6H3. The highest BCUT2D eigenvalue weighted by molar-refractivity contribution is 6.26. The highest BCUT2D eigenvalue weighted by Gasteiger charge is 2.20. The van der Waals surface area contributed by atoms with Crippen LogP contribution in [0.3, 0.4) is 0 Å². The molecule has 0 saturated heterocycles. The topological polar surface area (TPSA) is 0 Å². The largest absolute Gasteiger partial charge is 0.0616 e. The van der Waals surface area contributed by atoms with Gasteiger partial charge in [0.2, 0.25) is 0 Å². The first kappa shape index (κ1) is 37.3. The van der Waals surface area contributed by atoms with E-state index < -0.39 is 0 Å². The van der Waals surface area contributed by atoms with Crippen molar-refractivity contribution in [2.24, 2.45) is 0 Å². The van der Waals surface area contributed by atoms with Crippen molar-refractivity contribution in [1.82, 2.24) is 0 Å². The van der Waals surface area contributed by atoms with Gasteiger partial charge in [-0.05, 0) is 164 Å². The summed E-state index contributed by atoms with van der Waals surface area (Å²) in [5.41, 5.74) is 22.4. The molecule has 0 heteroatoms. The molecular formula is C60H48. The van der Waals surface area contributed by atoms with Crippen LogP contribution in [0.4, 0.5) is 0 Å². The fourth-order valence-electron chi connectivity index (χ4n) is 9.62. The second-order valence-electron chi connectivity index (χ2n) is 17.0. The molecule has 0 N–H and O–H groups in total. The number of rotatable bonds is 6. The Labute approximate surface area is 354 Å². The third kappa shape index (κ3) is 6.69. The molecule has 60 heavy (non-hydrogen) atoms. The van der Waals surface area contributed by atoms with Crippen molar-refractivity contribution >= 4 is 32.3 Å². The van der Waals surface area contributed by atoms with E-state index in [2.05, 4.69) is 224 Å². The van der Waals surface area contributed by atoms with Gasteiger partial charge in [0.05, 0.1) is 0 Å². The zero-order valence-corrected chi connectivity index (χ0v) is 35.3. The van der Waals surface area contributed by atoms with E-state index in [9.17, 15) is 0 Å². The van der Waals surface area contributed by atoms with E-state index >= 15 is 0 Å². The summed E-state index contributed by atoms with van der Waals surface area (Å²) in [6.45, 7) is 13.2. The third-order valence-electron chi connectivity index (χ3n) is 12.3. The average Bonchev–Trinajstić information content (AvgIpc) is 3.25. The summed E-state index contributed by atoms with van der Waals surface area (Å²) in [6, 6.07) is 68.7. The van der Waals surface area contributed by atoms with Gasteiger partial charge in [-0.3, -0.25) is 0 Å². The molecule has 10 aromatic rings. The van der Waals surface area contributed by atoms with Crippen LogP contribution >= 0.6 is 0 Å². The lowest BCUT2D eigenvalue weighted by atomic mass is 9.83. The minimum absolute atomic E-state index is 1.22. The maximum Gasteiger partial charge on any atom is -0.00264 e. The Balaban J connectivity index is 1.31. The zero-order valence-electron chi connectivity index (χ0n) is 35.3. The van der Waals surface area contributed by atoms with Gasteiger partial charge < -0.3 is 0 Å². The summed E-state index contributed by atoms with van der Waals surface area (Å²) in [4.78, 5) is 0. The molecule has 0 saturated carbocycles. The van der Waals surface area contributed by atoms with Crippen LogP contribution in [0.1, 0.15) is 33.4 Å². The summed E-state index contributed by atoms with van der Waals surface area (Å²) < 4.78 is 0. The zero-order chi connectivity index (χ0) is 41.1. The SMILES string of the molecule is Cc1cccc(-c2cc(C)cc(-c3cccc(C)c3)c2-c2ccc3c4ccccc4c4ccc(-c5c(-c6cccc(C)c6)cc(C)cc5-c5cccc(C)c5)cc4c3c2)c1. The van der Waals surface area contributed by atoms with Gasteiger partial charge >= 0.3 is 0 Å². The molecule has 0 fully saturated rings. The lowest BCUT2D eigenvalue weighted by Crippen LogP contribution is -1.95. The fourth-order valence-corrected chi connectivity index (χ4v) is 9.62. The Hall–Kier alpha value is -7.02. The molecule has 0 amide bonds. The van der Waals surface area contributed by atoms with Crippen molar-refractivity contribution < 1.29 is 0 Å². The van der Waals surface area contributed by atoms with Gasteiger partial charge in [-0.15, -0.1) is 0 Å². The molecule has 0 nitrogen and oxygen atoms in total. The molecule has 0 radical (unpaired) electrons. The number of aryl methyl sites for hydroxylation is 6. The summed E-state index contributed by atoms with van der Waals surface area (Å²) in [5, 5.41) is 7.60. The van der Waals surface area contributed by atoms with Crippen LogP contribution in [0.15, 0.2) is 182 Å². The van der Waals surface area contributed by atoms with E-state index in [1.165, 1.54) is 132 Å². The molecular weight excluding hydrogens is 721 g/mol. The van der Waals surface area contributed by atoms with Crippen LogP contribution in [0.25, 0.3) is 99.1 Å². The second-order valence-corrected chi connectivity index (χ2v) is 17.0.